The van der Waals surface area contributed by atoms with Gasteiger partial charge < -0.3 is 15.8 Å². The van der Waals surface area contributed by atoms with E-state index in [2.05, 4.69) is 19.2 Å². The number of carbonyl (C=O) groups excluding carboxylic acids is 2. The van der Waals surface area contributed by atoms with Crippen molar-refractivity contribution in [3.8, 4) is 0 Å². The molecule has 1 rings (SSSR count). The van der Waals surface area contributed by atoms with E-state index in [9.17, 15) is 18.4 Å². The van der Waals surface area contributed by atoms with Gasteiger partial charge in [-0.1, -0.05) is 13.8 Å². The van der Waals surface area contributed by atoms with E-state index in [0.29, 0.717) is 12.0 Å². The second-order valence-electron chi connectivity index (χ2n) is 5.79. The molecule has 0 aliphatic rings. The Morgan fingerprint density at radius 1 is 1.22 bits per heavy atom. The van der Waals surface area contributed by atoms with Gasteiger partial charge in [0.05, 0.1) is 30.4 Å². The zero-order valence-electron chi connectivity index (χ0n) is 13.5. The van der Waals surface area contributed by atoms with Crippen molar-refractivity contribution in [3.05, 3.63) is 29.3 Å². The largest absolute Gasteiger partial charge is 0.378 e. The van der Waals surface area contributed by atoms with Gasteiger partial charge in [-0.05, 0) is 25.3 Å². The molecule has 7 heteroatoms. The molecule has 0 bridgehead atoms. The van der Waals surface area contributed by atoms with Crippen molar-refractivity contribution < 1.29 is 23.1 Å². The molecule has 0 aliphatic heterocycles. The number of carbonyl (C=O) groups is 2. The molecular formula is C16H22F2N2O3. The van der Waals surface area contributed by atoms with Crippen molar-refractivity contribution in [2.75, 3.05) is 11.9 Å². The number of benzene rings is 1. The predicted molar refractivity (Wildman–Crippen MR) is 83.0 cm³/mol. The number of hydrogen-bond acceptors (Lipinski definition) is 3. The van der Waals surface area contributed by atoms with Gasteiger partial charge in [0, 0.05) is 6.07 Å². The van der Waals surface area contributed by atoms with Gasteiger partial charge in [-0.2, -0.15) is 0 Å². The van der Waals surface area contributed by atoms with E-state index < -0.39 is 29.0 Å². The van der Waals surface area contributed by atoms with E-state index in [1.54, 1.807) is 0 Å². The molecule has 0 aliphatic carbocycles. The zero-order valence-corrected chi connectivity index (χ0v) is 13.5. The summed E-state index contributed by atoms with van der Waals surface area (Å²) in [6, 6.07) is 1.39. The maximum absolute atomic E-state index is 13.6. The van der Waals surface area contributed by atoms with E-state index in [4.69, 9.17) is 10.5 Å². The molecule has 23 heavy (non-hydrogen) atoms. The number of rotatable bonds is 8. The normalized spacial score (nSPS) is 12.3. The Labute approximate surface area is 134 Å². The summed E-state index contributed by atoms with van der Waals surface area (Å²) in [5.74, 6) is -3.10. The molecule has 2 amide bonds. The first-order valence-corrected chi connectivity index (χ1v) is 7.41. The van der Waals surface area contributed by atoms with Crippen LogP contribution in [0.4, 0.5) is 14.5 Å². The Kier molecular flexibility index (Phi) is 7.09. The third-order valence-corrected chi connectivity index (χ3v) is 3.13. The Bertz CT molecular complexity index is 577. The van der Waals surface area contributed by atoms with Gasteiger partial charge in [0.15, 0.2) is 0 Å². The molecule has 5 nitrogen and oxygen atoms in total. The molecule has 0 fully saturated rings. The number of nitrogens with two attached hydrogens (primary N) is 1. The third-order valence-electron chi connectivity index (χ3n) is 3.13. The van der Waals surface area contributed by atoms with Crippen LogP contribution in [0.25, 0.3) is 0 Å². The third kappa shape index (κ3) is 6.32. The van der Waals surface area contributed by atoms with Crippen LogP contribution in [-0.2, 0) is 9.53 Å². The van der Waals surface area contributed by atoms with Gasteiger partial charge >= 0.3 is 0 Å². The fourth-order valence-corrected chi connectivity index (χ4v) is 2.13. The van der Waals surface area contributed by atoms with E-state index in [0.717, 1.165) is 12.5 Å². The van der Waals surface area contributed by atoms with Crippen molar-refractivity contribution in [1.29, 1.82) is 0 Å². The van der Waals surface area contributed by atoms with Crippen LogP contribution in [0.15, 0.2) is 12.1 Å². The fourth-order valence-electron chi connectivity index (χ4n) is 2.13. The lowest BCUT2D eigenvalue weighted by atomic mass is 10.1. The molecule has 0 spiro atoms. The quantitative estimate of drug-likeness (QED) is 0.770. The topological polar surface area (TPSA) is 81.4 Å². The summed E-state index contributed by atoms with van der Waals surface area (Å²) in [5, 5.41) is 2.28. The summed E-state index contributed by atoms with van der Waals surface area (Å²) in [4.78, 5) is 22.8. The lowest BCUT2D eigenvalue weighted by Crippen LogP contribution is -2.19. The summed E-state index contributed by atoms with van der Waals surface area (Å²) in [6.07, 6.45) is 0.910. The monoisotopic (exact) mass is 328 g/mol. The van der Waals surface area contributed by atoms with Gasteiger partial charge in [-0.25, -0.2) is 8.78 Å². The highest BCUT2D eigenvalue weighted by Crippen LogP contribution is 2.19. The molecule has 0 radical (unpaired) electrons. The minimum atomic E-state index is -1.07. The van der Waals surface area contributed by atoms with Gasteiger partial charge in [-0.3, -0.25) is 9.59 Å². The summed E-state index contributed by atoms with van der Waals surface area (Å²) < 4.78 is 32.4. The number of ether oxygens (including phenoxy) is 1. The standard InChI is InChI=1S/C16H22F2N2O3/c1-9(2)6-10(3)23-5-4-15(21)20-14-7-11(16(19)22)12(17)8-13(14)18/h7-10H,4-6H2,1-3H3,(H2,19,22)(H,20,21)/t10-/m1/s1. The van der Waals surface area contributed by atoms with Crippen LogP contribution in [0.2, 0.25) is 0 Å². The highest BCUT2D eigenvalue weighted by Gasteiger charge is 2.15. The van der Waals surface area contributed by atoms with E-state index in [-0.39, 0.29) is 24.8 Å². The van der Waals surface area contributed by atoms with Gasteiger partial charge in [0.1, 0.15) is 11.6 Å². The first-order chi connectivity index (χ1) is 10.7. The van der Waals surface area contributed by atoms with Crippen molar-refractivity contribution in [1.82, 2.24) is 0 Å². The van der Waals surface area contributed by atoms with Crippen LogP contribution in [0.3, 0.4) is 0 Å². The minimum absolute atomic E-state index is 0.0190. The number of hydrogen-bond donors (Lipinski definition) is 2. The average Bonchev–Trinajstić information content (AvgIpc) is 2.40. The SMILES string of the molecule is CC(C)C[C@@H](C)OCCC(=O)Nc1cc(C(N)=O)c(F)cc1F. The molecule has 1 aromatic rings. The van der Waals surface area contributed by atoms with E-state index in [1.807, 2.05) is 6.92 Å². The highest BCUT2D eigenvalue weighted by atomic mass is 19.1. The zero-order chi connectivity index (χ0) is 17.6. The maximum Gasteiger partial charge on any atom is 0.251 e. The van der Waals surface area contributed by atoms with Gasteiger partial charge in [-0.15, -0.1) is 0 Å². The molecule has 128 valence electrons. The van der Waals surface area contributed by atoms with Crippen LogP contribution in [0, 0.1) is 17.6 Å². The molecular weight excluding hydrogens is 306 g/mol. The summed E-state index contributed by atoms with van der Waals surface area (Å²) >= 11 is 0. The van der Waals surface area contributed by atoms with Crippen molar-refractivity contribution in [2.24, 2.45) is 11.7 Å². The van der Waals surface area contributed by atoms with Crippen LogP contribution in [0.5, 0.6) is 0 Å². The molecule has 3 N–H and O–H groups in total. The smallest absolute Gasteiger partial charge is 0.251 e. The molecule has 0 aromatic heterocycles. The Morgan fingerprint density at radius 2 is 1.87 bits per heavy atom. The average molecular weight is 328 g/mol. The maximum atomic E-state index is 13.6. The van der Waals surface area contributed by atoms with Crippen LogP contribution >= 0.6 is 0 Å². The predicted octanol–water partition coefficient (Wildman–Crippen LogP) is 2.84. The van der Waals surface area contributed by atoms with Crippen molar-refractivity contribution in [3.63, 3.8) is 0 Å². The second-order valence-corrected chi connectivity index (χ2v) is 5.79. The van der Waals surface area contributed by atoms with E-state index in [1.165, 1.54) is 0 Å². The fraction of sp³-hybridized carbons (Fsp3) is 0.500. The van der Waals surface area contributed by atoms with Crippen LogP contribution in [0.1, 0.15) is 44.0 Å². The first-order valence-electron chi connectivity index (χ1n) is 7.41. The summed E-state index contributed by atoms with van der Waals surface area (Å²) in [7, 11) is 0. The number of nitrogens with one attached hydrogen (secondary N) is 1. The van der Waals surface area contributed by atoms with Crippen molar-refractivity contribution >= 4 is 17.5 Å². The highest BCUT2D eigenvalue weighted by molar-refractivity contribution is 5.96. The Morgan fingerprint density at radius 3 is 2.43 bits per heavy atom. The number of halogens is 2. The second kappa shape index (κ2) is 8.57. The molecule has 1 atom stereocenters. The number of anilines is 1. The van der Waals surface area contributed by atoms with Crippen LogP contribution < -0.4 is 11.1 Å². The number of primary amides is 1. The minimum Gasteiger partial charge on any atom is -0.378 e. The molecule has 0 saturated carbocycles. The number of amides is 2. The first kappa shape index (κ1) is 19.0. The van der Waals surface area contributed by atoms with Crippen LogP contribution in [-0.4, -0.2) is 24.5 Å². The summed E-state index contributed by atoms with van der Waals surface area (Å²) in [5.41, 5.74) is 4.21. The lowest BCUT2D eigenvalue weighted by molar-refractivity contribution is -0.117. The summed E-state index contributed by atoms with van der Waals surface area (Å²) in [6.45, 7) is 6.24. The van der Waals surface area contributed by atoms with Crippen molar-refractivity contribution in [2.45, 2.75) is 39.7 Å². The molecule has 0 saturated heterocycles. The lowest BCUT2D eigenvalue weighted by Gasteiger charge is -2.15. The molecule has 1 aromatic carbocycles. The molecule has 0 heterocycles. The van der Waals surface area contributed by atoms with Gasteiger partial charge in [0.2, 0.25) is 5.91 Å². The van der Waals surface area contributed by atoms with Gasteiger partial charge in [0.25, 0.3) is 5.91 Å². The van der Waals surface area contributed by atoms with E-state index >= 15 is 0 Å². The Balaban J connectivity index is 2.58. The molecule has 0 unspecified atom stereocenters. The Hall–Kier alpha value is -2.02.